The van der Waals surface area contributed by atoms with Crippen molar-refractivity contribution >= 4 is 17.2 Å². The maximum absolute atomic E-state index is 13.9. The number of carbonyl (C=O) groups excluding carboxylic acids is 1. The number of anilines is 1. The maximum atomic E-state index is 13.9. The van der Waals surface area contributed by atoms with Crippen LogP contribution in [0.15, 0.2) is 30.6 Å². The highest BCUT2D eigenvalue weighted by Crippen LogP contribution is 2.33. The van der Waals surface area contributed by atoms with E-state index in [1.807, 2.05) is 31.4 Å². The van der Waals surface area contributed by atoms with Gasteiger partial charge in [0.2, 0.25) is 5.91 Å². The SMILES string of the molecule is Cn1ncc(O[C@H]2CNC[C@H]2F)c1-c1ccn2nc(NC(=O)C3CC3)cc2c1. The van der Waals surface area contributed by atoms with Crippen LogP contribution in [0.1, 0.15) is 12.8 Å². The molecule has 146 valence electrons. The number of hydrogen-bond donors (Lipinski definition) is 2. The highest BCUT2D eigenvalue weighted by Gasteiger charge is 2.31. The molecule has 2 atom stereocenters. The Balaban J connectivity index is 1.44. The topological polar surface area (TPSA) is 85.5 Å². The standard InChI is InChI=1S/C19H21FN6O2/c1-25-18(16(10-22-25)28-15-9-21-8-14(15)20)12-4-5-26-13(6-12)7-17(24-26)23-19(27)11-2-3-11/h4-7,10-11,14-15,21H,2-3,8-9H2,1H3,(H,23,24,27)/t14-,15+/m1/s1. The van der Waals surface area contributed by atoms with Gasteiger partial charge in [-0.2, -0.15) is 10.2 Å². The van der Waals surface area contributed by atoms with Gasteiger partial charge in [-0.15, -0.1) is 0 Å². The number of aromatic nitrogens is 4. The molecule has 5 rings (SSSR count). The van der Waals surface area contributed by atoms with E-state index in [1.165, 1.54) is 0 Å². The third kappa shape index (κ3) is 3.11. The number of carbonyl (C=O) groups is 1. The molecular weight excluding hydrogens is 363 g/mol. The molecule has 9 heteroatoms. The number of rotatable bonds is 5. The zero-order chi connectivity index (χ0) is 19.3. The summed E-state index contributed by atoms with van der Waals surface area (Å²) < 4.78 is 23.2. The minimum atomic E-state index is -1.04. The second-order valence-electron chi connectivity index (χ2n) is 7.39. The van der Waals surface area contributed by atoms with Crippen LogP contribution >= 0.6 is 0 Å². The van der Waals surface area contributed by atoms with Crippen molar-refractivity contribution in [3.05, 3.63) is 30.6 Å². The lowest BCUT2D eigenvalue weighted by molar-refractivity contribution is -0.117. The lowest BCUT2D eigenvalue weighted by Crippen LogP contribution is -2.27. The minimum absolute atomic E-state index is 0.0249. The van der Waals surface area contributed by atoms with E-state index in [9.17, 15) is 9.18 Å². The number of fused-ring (bicyclic) bond motifs is 1. The monoisotopic (exact) mass is 384 g/mol. The van der Waals surface area contributed by atoms with E-state index in [0.717, 1.165) is 29.6 Å². The van der Waals surface area contributed by atoms with Crippen LogP contribution in [0.3, 0.4) is 0 Å². The number of nitrogens with zero attached hydrogens (tertiary/aromatic N) is 4. The third-order valence-corrected chi connectivity index (χ3v) is 5.21. The summed E-state index contributed by atoms with van der Waals surface area (Å²) in [6.45, 7) is 0.776. The molecular formula is C19H21FN6O2. The van der Waals surface area contributed by atoms with Crippen LogP contribution in [0.25, 0.3) is 16.8 Å². The molecule has 28 heavy (non-hydrogen) atoms. The molecule has 1 amide bonds. The van der Waals surface area contributed by atoms with Crippen LogP contribution in [-0.4, -0.2) is 50.7 Å². The molecule has 0 unspecified atom stereocenters. The Morgan fingerprint density at radius 1 is 1.36 bits per heavy atom. The van der Waals surface area contributed by atoms with E-state index < -0.39 is 12.3 Å². The van der Waals surface area contributed by atoms with Crippen molar-refractivity contribution in [3.8, 4) is 17.0 Å². The molecule has 1 aliphatic heterocycles. The number of ether oxygens (including phenoxy) is 1. The summed E-state index contributed by atoms with van der Waals surface area (Å²) in [5.74, 6) is 1.23. The van der Waals surface area contributed by atoms with Gasteiger partial charge in [-0.05, 0) is 25.0 Å². The molecule has 1 saturated carbocycles. The zero-order valence-corrected chi connectivity index (χ0v) is 15.4. The van der Waals surface area contributed by atoms with Crippen molar-refractivity contribution in [2.45, 2.75) is 25.1 Å². The number of nitrogens with one attached hydrogen (secondary N) is 2. The fraction of sp³-hybridized carbons (Fsp3) is 0.421. The predicted molar refractivity (Wildman–Crippen MR) is 101 cm³/mol. The van der Waals surface area contributed by atoms with Gasteiger partial charge in [0.05, 0.1) is 11.7 Å². The van der Waals surface area contributed by atoms with Crippen LogP contribution in [0.2, 0.25) is 0 Å². The third-order valence-electron chi connectivity index (χ3n) is 5.21. The smallest absolute Gasteiger partial charge is 0.228 e. The minimum Gasteiger partial charge on any atom is -0.482 e. The van der Waals surface area contributed by atoms with Crippen molar-refractivity contribution in [1.29, 1.82) is 0 Å². The number of hydrogen-bond acceptors (Lipinski definition) is 5. The Morgan fingerprint density at radius 3 is 2.96 bits per heavy atom. The van der Waals surface area contributed by atoms with Crippen LogP contribution in [0.5, 0.6) is 5.75 Å². The maximum Gasteiger partial charge on any atom is 0.228 e. The van der Waals surface area contributed by atoms with Gasteiger partial charge in [-0.25, -0.2) is 8.91 Å². The van der Waals surface area contributed by atoms with E-state index >= 15 is 0 Å². The number of aryl methyl sites for hydroxylation is 1. The molecule has 0 bridgehead atoms. The summed E-state index contributed by atoms with van der Waals surface area (Å²) >= 11 is 0. The quantitative estimate of drug-likeness (QED) is 0.700. The first-order valence-electron chi connectivity index (χ1n) is 9.42. The second kappa shape index (κ2) is 6.59. The van der Waals surface area contributed by atoms with Crippen molar-refractivity contribution < 1.29 is 13.9 Å². The lowest BCUT2D eigenvalue weighted by atomic mass is 10.1. The van der Waals surface area contributed by atoms with E-state index in [0.29, 0.717) is 24.7 Å². The molecule has 2 aliphatic rings. The fourth-order valence-corrected chi connectivity index (χ4v) is 3.51. The number of pyridine rings is 1. The first kappa shape index (κ1) is 17.2. The van der Waals surface area contributed by atoms with Crippen LogP contribution in [-0.2, 0) is 11.8 Å². The van der Waals surface area contributed by atoms with E-state index in [1.54, 1.807) is 15.4 Å². The van der Waals surface area contributed by atoms with Gasteiger partial charge < -0.3 is 15.4 Å². The van der Waals surface area contributed by atoms with Gasteiger partial charge in [0.25, 0.3) is 0 Å². The number of alkyl halides is 1. The Labute approximate surface area is 160 Å². The first-order chi connectivity index (χ1) is 13.6. The van der Waals surface area contributed by atoms with Gasteiger partial charge >= 0.3 is 0 Å². The van der Waals surface area contributed by atoms with Gasteiger partial charge in [0, 0.05) is 43.9 Å². The van der Waals surface area contributed by atoms with Crippen molar-refractivity contribution in [3.63, 3.8) is 0 Å². The fourth-order valence-electron chi connectivity index (χ4n) is 3.51. The summed E-state index contributed by atoms with van der Waals surface area (Å²) in [7, 11) is 1.82. The summed E-state index contributed by atoms with van der Waals surface area (Å²) in [4.78, 5) is 12.0. The average molecular weight is 384 g/mol. The van der Waals surface area contributed by atoms with E-state index in [-0.39, 0.29) is 11.8 Å². The Morgan fingerprint density at radius 2 is 2.21 bits per heavy atom. The van der Waals surface area contributed by atoms with Crippen LogP contribution in [0, 0.1) is 5.92 Å². The summed E-state index contributed by atoms with van der Waals surface area (Å²) in [5.41, 5.74) is 2.48. The predicted octanol–water partition coefficient (Wildman–Crippen LogP) is 1.77. The lowest BCUT2D eigenvalue weighted by Gasteiger charge is -2.15. The Hall–Kier alpha value is -2.94. The molecule has 2 N–H and O–H groups in total. The molecule has 0 aromatic carbocycles. The van der Waals surface area contributed by atoms with E-state index in [2.05, 4.69) is 20.8 Å². The van der Waals surface area contributed by atoms with Gasteiger partial charge in [0.15, 0.2) is 17.7 Å². The number of halogens is 1. The molecule has 1 saturated heterocycles. The Kier molecular flexibility index (Phi) is 4.04. The first-order valence-corrected chi connectivity index (χ1v) is 9.42. The number of amides is 1. The van der Waals surface area contributed by atoms with Crippen LogP contribution in [0.4, 0.5) is 10.2 Å². The molecule has 8 nitrogen and oxygen atoms in total. The van der Waals surface area contributed by atoms with Gasteiger partial charge in [0.1, 0.15) is 11.8 Å². The molecule has 4 heterocycles. The Bertz CT molecular complexity index is 1040. The van der Waals surface area contributed by atoms with Gasteiger partial charge in [-0.3, -0.25) is 9.48 Å². The van der Waals surface area contributed by atoms with Crippen molar-refractivity contribution in [1.82, 2.24) is 24.7 Å². The van der Waals surface area contributed by atoms with Gasteiger partial charge in [-0.1, -0.05) is 0 Å². The zero-order valence-electron chi connectivity index (χ0n) is 15.4. The normalized spacial score (nSPS) is 21.9. The highest BCUT2D eigenvalue weighted by atomic mass is 19.1. The second-order valence-corrected chi connectivity index (χ2v) is 7.39. The van der Waals surface area contributed by atoms with Crippen molar-refractivity contribution in [2.75, 3.05) is 18.4 Å². The summed E-state index contributed by atoms with van der Waals surface area (Å²) in [5, 5.41) is 14.5. The molecule has 0 radical (unpaired) electrons. The van der Waals surface area contributed by atoms with Crippen molar-refractivity contribution in [2.24, 2.45) is 13.0 Å². The summed E-state index contributed by atoms with van der Waals surface area (Å²) in [6, 6.07) is 5.68. The molecule has 0 spiro atoms. The molecule has 3 aromatic heterocycles. The van der Waals surface area contributed by atoms with Crippen LogP contribution < -0.4 is 15.4 Å². The largest absolute Gasteiger partial charge is 0.482 e. The molecule has 3 aromatic rings. The molecule has 1 aliphatic carbocycles. The summed E-state index contributed by atoms with van der Waals surface area (Å²) in [6.07, 6.45) is 3.77. The average Bonchev–Trinajstić information content (AvgIpc) is 3.20. The molecule has 2 fully saturated rings. The van der Waals surface area contributed by atoms with E-state index in [4.69, 9.17) is 4.74 Å². The highest BCUT2D eigenvalue weighted by molar-refractivity contribution is 5.93.